The third-order valence-electron chi connectivity index (χ3n) is 7.82. The zero-order valence-corrected chi connectivity index (χ0v) is 20.3. The second kappa shape index (κ2) is 8.29. The van der Waals surface area contributed by atoms with Crippen molar-refractivity contribution < 1.29 is 17.9 Å². The highest BCUT2D eigenvalue weighted by molar-refractivity contribution is 7.91. The molecule has 5 rings (SSSR count). The number of anilines is 1. The highest BCUT2D eigenvalue weighted by atomic mass is 35.5. The Morgan fingerprint density at radius 1 is 1.06 bits per heavy atom. The van der Waals surface area contributed by atoms with E-state index in [2.05, 4.69) is 10.2 Å². The van der Waals surface area contributed by atoms with Crippen LogP contribution in [0.1, 0.15) is 43.2 Å². The number of sulfone groups is 1. The number of amides is 1. The predicted molar refractivity (Wildman–Crippen MR) is 130 cm³/mol. The Hall–Kier alpha value is -2.09. The molecule has 1 aliphatic carbocycles. The second-order valence-electron chi connectivity index (χ2n) is 9.56. The normalized spacial score (nSPS) is 21.3. The highest BCUT2D eigenvalue weighted by Gasteiger charge is 2.49. The average Bonchev–Trinajstić information content (AvgIpc) is 3.00. The highest BCUT2D eigenvalue weighted by Crippen LogP contribution is 2.48. The van der Waals surface area contributed by atoms with Crippen molar-refractivity contribution in [2.75, 3.05) is 37.8 Å². The summed E-state index contributed by atoms with van der Waals surface area (Å²) in [5, 5.41) is 3.68. The first kappa shape index (κ1) is 22.7. The van der Waals surface area contributed by atoms with Gasteiger partial charge in [-0.05, 0) is 86.7 Å². The van der Waals surface area contributed by atoms with Gasteiger partial charge in [-0.3, -0.25) is 9.69 Å². The number of hydrogen-bond acceptors (Lipinski definition) is 5. The van der Waals surface area contributed by atoms with Crippen LogP contribution in [0, 0.1) is 0 Å². The quantitative estimate of drug-likeness (QED) is 0.661. The van der Waals surface area contributed by atoms with Gasteiger partial charge in [0, 0.05) is 23.5 Å². The van der Waals surface area contributed by atoms with E-state index in [1.165, 1.54) is 6.26 Å². The Labute approximate surface area is 200 Å². The molecule has 2 heterocycles. The number of piperidine rings is 1. The van der Waals surface area contributed by atoms with Crippen LogP contribution in [0.5, 0.6) is 5.75 Å². The summed E-state index contributed by atoms with van der Waals surface area (Å²) in [5.74, 6) is 0.822. The summed E-state index contributed by atoms with van der Waals surface area (Å²) in [6, 6.07) is 13.1. The van der Waals surface area contributed by atoms with Crippen LogP contribution >= 0.6 is 11.6 Å². The summed E-state index contributed by atoms with van der Waals surface area (Å²) in [4.78, 5) is 15.1. The minimum atomic E-state index is -3.14. The SMILES string of the molecule is CS(=O)(=O)C1(c2ccc(OCCN3CCC4(CC3)C(=O)Nc3ccc(Cl)cc34)cc2)CCC1. The molecular weight excluding hydrogens is 460 g/mol. The minimum Gasteiger partial charge on any atom is -0.492 e. The van der Waals surface area contributed by atoms with Gasteiger partial charge in [0.1, 0.15) is 12.4 Å². The lowest BCUT2D eigenvalue weighted by atomic mass is 9.73. The zero-order valence-electron chi connectivity index (χ0n) is 18.8. The largest absolute Gasteiger partial charge is 0.492 e. The Bertz CT molecular complexity index is 1170. The minimum absolute atomic E-state index is 0.0779. The van der Waals surface area contributed by atoms with Crippen LogP contribution < -0.4 is 10.1 Å². The molecule has 0 atom stereocenters. The summed E-state index contributed by atoms with van der Waals surface area (Å²) in [6.07, 6.45) is 5.18. The fraction of sp³-hybridized carbons (Fsp3) is 0.480. The maximum Gasteiger partial charge on any atom is 0.235 e. The lowest BCUT2D eigenvalue weighted by molar-refractivity contribution is -0.122. The maximum atomic E-state index is 12.8. The predicted octanol–water partition coefficient (Wildman–Crippen LogP) is 4.13. The Morgan fingerprint density at radius 3 is 2.36 bits per heavy atom. The standard InChI is InChI=1S/C25H29ClN2O4S/c1-33(30,31)25(9-2-10-25)18-3-6-20(7-4-18)32-16-15-28-13-11-24(12-14-28)21-17-19(26)5-8-22(21)27-23(24)29/h3-8,17H,2,9-16H2,1H3,(H,27,29). The Balaban J connectivity index is 1.15. The van der Waals surface area contributed by atoms with E-state index in [0.29, 0.717) is 24.5 Å². The van der Waals surface area contributed by atoms with E-state index in [-0.39, 0.29) is 5.91 Å². The number of rotatable bonds is 6. The van der Waals surface area contributed by atoms with Gasteiger partial charge in [-0.1, -0.05) is 23.7 Å². The van der Waals surface area contributed by atoms with Gasteiger partial charge in [-0.2, -0.15) is 0 Å². The summed E-state index contributed by atoms with van der Waals surface area (Å²) >= 11 is 6.20. The molecule has 33 heavy (non-hydrogen) atoms. The molecule has 0 aromatic heterocycles. The average molecular weight is 489 g/mol. The molecule has 2 aromatic rings. The molecular formula is C25H29ClN2O4S. The second-order valence-corrected chi connectivity index (χ2v) is 12.3. The first-order valence-electron chi connectivity index (χ1n) is 11.5. The van der Waals surface area contributed by atoms with Gasteiger partial charge >= 0.3 is 0 Å². The van der Waals surface area contributed by atoms with E-state index in [1.54, 1.807) is 0 Å². The Kier molecular flexibility index (Phi) is 5.70. The molecule has 0 unspecified atom stereocenters. The molecule has 1 saturated heterocycles. The molecule has 1 saturated carbocycles. The number of fused-ring (bicyclic) bond motifs is 2. The number of benzene rings is 2. The molecule has 2 aromatic carbocycles. The van der Waals surface area contributed by atoms with Crippen LogP contribution in [0.15, 0.2) is 42.5 Å². The van der Waals surface area contributed by atoms with Crippen molar-refractivity contribution >= 4 is 33.0 Å². The lowest BCUT2D eigenvalue weighted by Crippen LogP contribution is -2.47. The van der Waals surface area contributed by atoms with E-state index in [0.717, 1.165) is 61.5 Å². The van der Waals surface area contributed by atoms with Crippen LogP contribution in [0.3, 0.4) is 0 Å². The maximum absolute atomic E-state index is 12.8. The number of likely N-dealkylation sites (tertiary alicyclic amines) is 1. The topological polar surface area (TPSA) is 75.7 Å². The zero-order chi connectivity index (χ0) is 23.3. The molecule has 8 heteroatoms. The third-order valence-corrected chi connectivity index (χ3v) is 10.1. The molecule has 2 fully saturated rings. The van der Waals surface area contributed by atoms with E-state index in [1.807, 2.05) is 42.5 Å². The Morgan fingerprint density at radius 2 is 1.76 bits per heavy atom. The van der Waals surface area contributed by atoms with E-state index >= 15 is 0 Å². The van der Waals surface area contributed by atoms with Crippen LogP contribution in [-0.2, 0) is 24.8 Å². The summed E-state index contributed by atoms with van der Waals surface area (Å²) in [6.45, 7) is 2.95. The van der Waals surface area contributed by atoms with Crippen molar-refractivity contribution in [3.63, 3.8) is 0 Å². The van der Waals surface area contributed by atoms with Crippen LogP contribution in [0.4, 0.5) is 5.69 Å². The van der Waals surface area contributed by atoms with Crippen LogP contribution in [0.2, 0.25) is 5.02 Å². The molecule has 2 aliphatic heterocycles. The molecule has 6 nitrogen and oxygen atoms in total. The molecule has 3 aliphatic rings. The van der Waals surface area contributed by atoms with Gasteiger partial charge in [-0.15, -0.1) is 0 Å². The number of nitrogens with zero attached hydrogens (tertiary/aromatic N) is 1. The molecule has 0 bridgehead atoms. The third kappa shape index (κ3) is 3.84. The fourth-order valence-corrected chi connectivity index (χ4v) is 7.33. The van der Waals surface area contributed by atoms with E-state index < -0.39 is 20.0 Å². The van der Waals surface area contributed by atoms with Crippen molar-refractivity contribution in [1.29, 1.82) is 0 Å². The van der Waals surface area contributed by atoms with Gasteiger partial charge in [-0.25, -0.2) is 8.42 Å². The van der Waals surface area contributed by atoms with Crippen molar-refractivity contribution in [3.05, 3.63) is 58.6 Å². The van der Waals surface area contributed by atoms with Crippen LogP contribution in [0.25, 0.3) is 0 Å². The molecule has 1 amide bonds. The van der Waals surface area contributed by atoms with E-state index in [4.69, 9.17) is 16.3 Å². The van der Waals surface area contributed by atoms with Gasteiger partial charge in [0.15, 0.2) is 9.84 Å². The first-order chi connectivity index (χ1) is 15.7. The number of ether oxygens (including phenoxy) is 1. The molecule has 1 spiro atoms. The number of halogens is 1. The van der Waals surface area contributed by atoms with Crippen molar-refractivity contribution in [2.45, 2.75) is 42.3 Å². The van der Waals surface area contributed by atoms with Gasteiger partial charge in [0.2, 0.25) is 5.91 Å². The van der Waals surface area contributed by atoms with Gasteiger partial charge < -0.3 is 10.1 Å². The number of nitrogens with one attached hydrogen (secondary N) is 1. The van der Waals surface area contributed by atoms with Crippen molar-refractivity contribution in [1.82, 2.24) is 4.90 Å². The summed E-state index contributed by atoms with van der Waals surface area (Å²) in [5.41, 5.74) is 2.28. The smallest absolute Gasteiger partial charge is 0.235 e. The first-order valence-corrected chi connectivity index (χ1v) is 13.8. The molecule has 1 N–H and O–H groups in total. The van der Waals surface area contributed by atoms with Crippen LogP contribution in [-0.4, -0.2) is 51.7 Å². The van der Waals surface area contributed by atoms with Gasteiger partial charge in [0.25, 0.3) is 0 Å². The number of carbonyl (C=O) groups excluding carboxylic acids is 1. The number of carbonyl (C=O) groups is 1. The van der Waals surface area contributed by atoms with Crippen molar-refractivity contribution in [2.24, 2.45) is 0 Å². The lowest BCUT2D eigenvalue weighted by Gasteiger charge is -2.40. The summed E-state index contributed by atoms with van der Waals surface area (Å²) < 4.78 is 29.8. The fourth-order valence-electron chi connectivity index (χ4n) is 5.56. The molecule has 176 valence electrons. The number of hydrogen-bond donors (Lipinski definition) is 1. The summed E-state index contributed by atoms with van der Waals surface area (Å²) in [7, 11) is -3.14. The van der Waals surface area contributed by atoms with Crippen molar-refractivity contribution in [3.8, 4) is 5.75 Å². The van der Waals surface area contributed by atoms with E-state index in [9.17, 15) is 13.2 Å². The van der Waals surface area contributed by atoms with Gasteiger partial charge in [0.05, 0.1) is 10.2 Å². The molecule has 0 radical (unpaired) electrons. The monoisotopic (exact) mass is 488 g/mol.